The maximum absolute atomic E-state index is 13.9. The zero-order valence-electron chi connectivity index (χ0n) is 13.5. The molecule has 0 N–H and O–H groups in total. The highest BCUT2D eigenvalue weighted by atomic mass is 19.1. The highest BCUT2D eigenvalue weighted by Crippen LogP contribution is 2.33. The van der Waals surface area contributed by atoms with Crippen LogP contribution in [-0.2, 0) is 16.1 Å². The van der Waals surface area contributed by atoms with Gasteiger partial charge in [0.2, 0.25) is 0 Å². The second kappa shape index (κ2) is 5.77. The van der Waals surface area contributed by atoms with Gasteiger partial charge < -0.3 is 0 Å². The lowest BCUT2D eigenvalue weighted by molar-refractivity contribution is -0.123. The minimum Gasteiger partial charge on any atom is -0.271 e. The summed E-state index contributed by atoms with van der Waals surface area (Å²) in [6.45, 7) is 2.01. The molecule has 2 unspecified atom stereocenters. The molecule has 2 atom stereocenters. The highest BCUT2D eigenvalue weighted by Gasteiger charge is 2.54. The molecule has 2 aromatic carbocycles. The molecular weight excluding hydrogens is 323 g/mol. The van der Waals surface area contributed by atoms with Crippen LogP contribution in [-0.4, -0.2) is 28.9 Å². The van der Waals surface area contributed by atoms with E-state index in [1.807, 2.05) is 19.1 Å². The predicted octanol–water partition coefficient (Wildman–Crippen LogP) is 2.63. The van der Waals surface area contributed by atoms with Crippen molar-refractivity contribution in [2.24, 2.45) is 10.3 Å². The lowest BCUT2D eigenvalue weighted by Crippen LogP contribution is -2.39. The molecule has 0 bridgehead atoms. The van der Waals surface area contributed by atoms with Crippen molar-refractivity contribution < 1.29 is 14.0 Å². The number of fused-ring (bicyclic) bond motifs is 1. The third-order valence-electron chi connectivity index (χ3n) is 4.44. The SMILES string of the molecule is Cc1ccc(N2C(=O)C3N=NN(Cc4ccccc4F)C3C2=O)cc1. The van der Waals surface area contributed by atoms with E-state index in [4.69, 9.17) is 0 Å². The summed E-state index contributed by atoms with van der Waals surface area (Å²) < 4.78 is 13.9. The smallest absolute Gasteiger partial charge is 0.263 e. The first-order chi connectivity index (χ1) is 12.1. The van der Waals surface area contributed by atoms with E-state index in [0.29, 0.717) is 11.3 Å². The Bertz CT molecular complexity index is 881. The lowest BCUT2D eigenvalue weighted by atomic mass is 10.1. The summed E-state index contributed by atoms with van der Waals surface area (Å²) in [6, 6.07) is 11.7. The fraction of sp³-hybridized carbons (Fsp3) is 0.222. The van der Waals surface area contributed by atoms with Gasteiger partial charge in [-0.15, -0.1) is 0 Å². The van der Waals surface area contributed by atoms with Gasteiger partial charge in [-0.05, 0) is 25.1 Å². The first kappa shape index (κ1) is 15.4. The molecule has 0 aromatic heterocycles. The van der Waals surface area contributed by atoms with Gasteiger partial charge in [0.25, 0.3) is 11.8 Å². The van der Waals surface area contributed by atoms with E-state index >= 15 is 0 Å². The van der Waals surface area contributed by atoms with Gasteiger partial charge in [-0.25, -0.2) is 9.29 Å². The van der Waals surface area contributed by atoms with Crippen LogP contribution in [0.25, 0.3) is 0 Å². The minimum atomic E-state index is -0.874. The molecule has 2 amide bonds. The van der Waals surface area contributed by atoms with Gasteiger partial charge in [0.1, 0.15) is 5.82 Å². The number of rotatable bonds is 3. The van der Waals surface area contributed by atoms with Gasteiger partial charge in [0.05, 0.1) is 12.2 Å². The summed E-state index contributed by atoms with van der Waals surface area (Å²) in [5.74, 6) is -1.17. The molecular formula is C18H15FN4O2. The van der Waals surface area contributed by atoms with Crippen LogP contribution in [0.5, 0.6) is 0 Å². The van der Waals surface area contributed by atoms with Crippen molar-refractivity contribution in [3.63, 3.8) is 0 Å². The van der Waals surface area contributed by atoms with Crippen LogP contribution in [0.4, 0.5) is 10.1 Å². The van der Waals surface area contributed by atoms with Gasteiger partial charge in [-0.1, -0.05) is 41.1 Å². The maximum Gasteiger partial charge on any atom is 0.263 e. The van der Waals surface area contributed by atoms with Crippen molar-refractivity contribution in [1.29, 1.82) is 0 Å². The van der Waals surface area contributed by atoms with Gasteiger partial charge in [0, 0.05) is 5.56 Å². The van der Waals surface area contributed by atoms with Gasteiger partial charge in [0.15, 0.2) is 12.1 Å². The third-order valence-corrected chi connectivity index (χ3v) is 4.44. The molecule has 0 saturated carbocycles. The minimum absolute atomic E-state index is 0.0814. The number of hydrogen-bond acceptors (Lipinski definition) is 5. The number of hydrogen-bond donors (Lipinski definition) is 0. The Hall–Kier alpha value is -3.09. The van der Waals surface area contributed by atoms with E-state index in [1.54, 1.807) is 30.3 Å². The molecule has 25 heavy (non-hydrogen) atoms. The number of anilines is 1. The number of imide groups is 1. The fourth-order valence-electron chi connectivity index (χ4n) is 3.10. The predicted molar refractivity (Wildman–Crippen MR) is 88.0 cm³/mol. The quantitative estimate of drug-likeness (QED) is 0.808. The molecule has 1 saturated heterocycles. The van der Waals surface area contributed by atoms with Crippen LogP contribution < -0.4 is 4.90 Å². The zero-order valence-corrected chi connectivity index (χ0v) is 13.5. The second-order valence-corrected chi connectivity index (χ2v) is 6.13. The molecule has 0 spiro atoms. The Morgan fingerprint density at radius 2 is 1.76 bits per heavy atom. The Labute approximate surface area is 143 Å². The molecule has 6 nitrogen and oxygen atoms in total. The van der Waals surface area contributed by atoms with Crippen molar-refractivity contribution in [3.05, 3.63) is 65.5 Å². The average Bonchev–Trinajstić information content (AvgIpc) is 3.12. The number of nitrogens with zero attached hydrogens (tertiary/aromatic N) is 4. The first-order valence-corrected chi connectivity index (χ1v) is 7.91. The summed E-state index contributed by atoms with van der Waals surface area (Å²) in [5, 5.41) is 9.26. The topological polar surface area (TPSA) is 65.3 Å². The number of benzene rings is 2. The normalized spacial score (nSPS) is 22.0. The summed E-state index contributed by atoms with van der Waals surface area (Å²) >= 11 is 0. The standard InChI is InChI=1S/C18H15FN4O2/c1-11-6-8-13(9-7-11)23-17(24)15-16(18(23)25)22(21-20-15)10-12-4-2-3-5-14(12)19/h2-9,15-16H,10H2,1H3. The summed E-state index contributed by atoms with van der Waals surface area (Å²) in [7, 11) is 0. The highest BCUT2D eigenvalue weighted by molar-refractivity contribution is 6.25. The van der Waals surface area contributed by atoms with Crippen molar-refractivity contribution in [3.8, 4) is 0 Å². The van der Waals surface area contributed by atoms with Crippen molar-refractivity contribution in [2.45, 2.75) is 25.6 Å². The van der Waals surface area contributed by atoms with E-state index in [2.05, 4.69) is 10.3 Å². The number of amides is 2. The van der Waals surface area contributed by atoms with Crippen LogP contribution in [0.2, 0.25) is 0 Å². The van der Waals surface area contributed by atoms with Gasteiger partial charge in [-0.2, -0.15) is 5.11 Å². The molecule has 0 radical (unpaired) electrons. The fourth-order valence-corrected chi connectivity index (χ4v) is 3.10. The number of carbonyl (C=O) groups is 2. The largest absolute Gasteiger partial charge is 0.271 e. The molecule has 1 fully saturated rings. The lowest BCUT2D eigenvalue weighted by Gasteiger charge is -2.20. The Kier molecular flexibility index (Phi) is 3.56. The van der Waals surface area contributed by atoms with Crippen molar-refractivity contribution in [2.75, 3.05) is 4.90 Å². The first-order valence-electron chi connectivity index (χ1n) is 7.91. The van der Waals surface area contributed by atoms with Crippen molar-refractivity contribution in [1.82, 2.24) is 5.01 Å². The molecule has 2 aliphatic rings. The summed E-state index contributed by atoms with van der Waals surface area (Å²) in [4.78, 5) is 26.6. The summed E-state index contributed by atoms with van der Waals surface area (Å²) in [6.07, 6.45) is 0. The average molecular weight is 338 g/mol. The molecule has 126 valence electrons. The van der Waals surface area contributed by atoms with Crippen LogP contribution in [0.3, 0.4) is 0 Å². The van der Waals surface area contributed by atoms with Crippen molar-refractivity contribution >= 4 is 17.5 Å². The number of halogens is 1. The molecule has 2 aromatic rings. The monoisotopic (exact) mass is 338 g/mol. The maximum atomic E-state index is 13.9. The zero-order chi connectivity index (χ0) is 17.6. The van der Waals surface area contributed by atoms with Crippen LogP contribution >= 0.6 is 0 Å². The Balaban J connectivity index is 1.62. The van der Waals surface area contributed by atoms with Gasteiger partial charge in [-0.3, -0.25) is 14.6 Å². The second-order valence-electron chi connectivity index (χ2n) is 6.13. The molecule has 4 rings (SSSR count). The van der Waals surface area contributed by atoms with E-state index in [1.165, 1.54) is 11.1 Å². The van der Waals surface area contributed by atoms with Crippen LogP contribution in [0, 0.1) is 12.7 Å². The summed E-state index contributed by atoms with van der Waals surface area (Å²) in [5.41, 5.74) is 1.94. The Morgan fingerprint density at radius 3 is 2.48 bits per heavy atom. The van der Waals surface area contributed by atoms with E-state index < -0.39 is 18.0 Å². The number of carbonyl (C=O) groups excluding carboxylic acids is 2. The van der Waals surface area contributed by atoms with Gasteiger partial charge >= 0.3 is 0 Å². The van der Waals surface area contributed by atoms with Crippen LogP contribution in [0.15, 0.2) is 58.9 Å². The molecule has 2 heterocycles. The molecule has 0 aliphatic carbocycles. The molecule has 7 heteroatoms. The molecule has 2 aliphatic heterocycles. The Morgan fingerprint density at radius 1 is 1.04 bits per heavy atom. The van der Waals surface area contributed by atoms with E-state index in [9.17, 15) is 14.0 Å². The third kappa shape index (κ3) is 2.48. The van der Waals surface area contributed by atoms with E-state index in [0.717, 1.165) is 10.5 Å². The van der Waals surface area contributed by atoms with E-state index in [-0.39, 0.29) is 18.3 Å². The number of aryl methyl sites for hydroxylation is 1. The van der Waals surface area contributed by atoms with Crippen LogP contribution in [0.1, 0.15) is 11.1 Å².